The zero-order chi connectivity index (χ0) is 22.1. The summed E-state index contributed by atoms with van der Waals surface area (Å²) >= 11 is 0. The second kappa shape index (κ2) is 8.41. The quantitative estimate of drug-likeness (QED) is 0.292. The van der Waals surface area contributed by atoms with Crippen molar-refractivity contribution in [1.29, 1.82) is 0 Å². The zero-order valence-electron chi connectivity index (χ0n) is 15.2. The van der Waals surface area contributed by atoms with Gasteiger partial charge in [-0.15, -0.1) is 0 Å². The van der Waals surface area contributed by atoms with Crippen LogP contribution in [-0.2, 0) is 19.6 Å². The highest BCUT2D eigenvalue weighted by atomic mass is 32.2. The molecule has 1 aliphatic heterocycles. The predicted molar refractivity (Wildman–Crippen MR) is 101 cm³/mol. The molecule has 162 valence electrons. The van der Waals surface area contributed by atoms with Crippen molar-refractivity contribution in [2.75, 3.05) is 10.5 Å². The lowest BCUT2D eigenvalue weighted by molar-refractivity contribution is -0.271. The van der Waals surface area contributed by atoms with E-state index in [4.69, 9.17) is 20.3 Å². The Bertz CT molecular complexity index is 998. The van der Waals surface area contributed by atoms with Crippen LogP contribution < -0.4 is 15.2 Å². The van der Waals surface area contributed by atoms with Gasteiger partial charge >= 0.3 is 5.97 Å². The molecule has 30 heavy (non-hydrogen) atoms. The van der Waals surface area contributed by atoms with Gasteiger partial charge in [-0.3, -0.25) is 4.72 Å². The number of carbonyl (C=O) groups is 1. The molecular weight excluding hydrogens is 422 g/mol. The summed E-state index contributed by atoms with van der Waals surface area (Å²) in [6, 6.07) is 8.08. The number of benzene rings is 1. The number of nitrogens with one attached hydrogen (secondary N) is 1. The van der Waals surface area contributed by atoms with Crippen molar-refractivity contribution < 1.29 is 43.1 Å². The number of carboxylic acids is 1. The van der Waals surface area contributed by atoms with E-state index in [1.165, 1.54) is 36.4 Å². The van der Waals surface area contributed by atoms with Crippen LogP contribution in [0.3, 0.4) is 0 Å². The number of rotatable bonds is 6. The molecule has 3 rings (SSSR count). The first-order valence-electron chi connectivity index (χ1n) is 8.52. The maximum atomic E-state index is 12.3. The third-order valence-electron chi connectivity index (χ3n) is 4.23. The summed E-state index contributed by atoms with van der Waals surface area (Å²) in [7, 11) is -3.91. The summed E-state index contributed by atoms with van der Waals surface area (Å²) in [5, 5.41) is 38.4. The average molecular weight is 441 g/mol. The van der Waals surface area contributed by atoms with Crippen LogP contribution in [0.4, 0.5) is 11.5 Å². The summed E-state index contributed by atoms with van der Waals surface area (Å²) in [4.78, 5) is 15.0. The number of nitrogen functional groups attached to an aromatic ring is 1. The van der Waals surface area contributed by atoms with Gasteiger partial charge < -0.3 is 35.6 Å². The number of sulfonamides is 1. The Morgan fingerprint density at radius 3 is 2.30 bits per heavy atom. The number of hydrogen-bond acceptors (Lipinski definition) is 10. The van der Waals surface area contributed by atoms with E-state index in [0.29, 0.717) is 5.69 Å². The molecule has 0 spiro atoms. The fourth-order valence-electron chi connectivity index (χ4n) is 2.64. The second-order valence-corrected chi connectivity index (χ2v) is 8.09. The molecule has 1 fully saturated rings. The molecule has 0 saturated carbocycles. The van der Waals surface area contributed by atoms with Gasteiger partial charge in [-0.1, -0.05) is 0 Å². The lowest BCUT2D eigenvalue weighted by atomic mass is 9.99. The van der Waals surface area contributed by atoms with Crippen molar-refractivity contribution in [2.24, 2.45) is 0 Å². The first kappa shape index (κ1) is 21.7. The topological polar surface area (TPSA) is 202 Å². The van der Waals surface area contributed by atoms with E-state index < -0.39 is 46.7 Å². The molecule has 1 saturated heterocycles. The standard InChI is InChI=1S/C17H19N3O9S/c18-8-1-4-10(5-2-8)30(26,27)20-11-6-3-9(7-19-11)28-17-14(23)12(21)13(22)15(29-17)16(24)25/h1-7,12-15,17,21-23H,18H2,(H,19,20)(H,24,25). The van der Waals surface area contributed by atoms with E-state index in [9.17, 15) is 28.5 Å². The number of ether oxygens (including phenoxy) is 2. The van der Waals surface area contributed by atoms with Crippen molar-refractivity contribution in [1.82, 2.24) is 4.98 Å². The lowest BCUT2D eigenvalue weighted by Crippen LogP contribution is -2.61. The molecule has 13 heteroatoms. The van der Waals surface area contributed by atoms with Crippen LogP contribution in [0.2, 0.25) is 0 Å². The highest BCUT2D eigenvalue weighted by molar-refractivity contribution is 7.92. The molecule has 2 heterocycles. The minimum atomic E-state index is -3.91. The minimum Gasteiger partial charge on any atom is -0.479 e. The van der Waals surface area contributed by atoms with Crippen molar-refractivity contribution in [2.45, 2.75) is 35.6 Å². The molecule has 7 N–H and O–H groups in total. The van der Waals surface area contributed by atoms with Gasteiger partial charge in [0.15, 0.2) is 6.10 Å². The number of nitrogens with two attached hydrogens (primary N) is 1. The summed E-state index contributed by atoms with van der Waals surface area (Å²) in [5.74, 6) is -1.60. The molecule has 1 aromatic carbocycles. The van der Waals surface area contributed by atoms with Crippen molar-refractivity contribution in [3.05, 3.63) is 42.6 Å². The number of hydrogen-bond donors (Lipinski definition) is 6. The molecule has 0 aliphatic carbocycles. The van der Waals surface area contributed by atoms with Gasteiger partial charge in [0.1, 0.15) is 29.9 Å². The number of nitrogens with zero attached hydrogens (tertiary/aromatic N) is 1. The summed E-state index contributed by atoms with van der Waals surface area (Å²) in [5.41, 5.74) is 5.94. The van der Waals surface area contributed by atoms with Crippen LogP contribution >= 0.6 is 0 Å². The van der Waals surface area contributed by atoms with E-state index in [1.54, 1.807) is 0 Å². The first-order chi connectivity index (χ1) is 14.1. The molecule has 0 amide bonds. The minimum absolute atomic E-state index is 0.0118. The van der Waals surface area contributed by atoms with Gasteiger partial charge in [0.25, 0.3) is 10.0 Å². The van der Waals surface area contributed by atoms with Gasteiger partial charge in [0, 0.05) is 5.69 Å². The third kappa shape index (κ3) is 4.60. The predicted octanol–water partition coefficient (Wildman–Crippen LogP) is -1.26. The molecule has 0 bridgehead atoms. The van der Waals surface area contributed by atoms with E-state index >= 15 is 0 Å². The Morgan fingerprint density at radius 2 is 1.73 bits per heavy atom. The first-order valence-corrected chi connectivity index (χ1v) is 10.0. The maximum absolute atomic E-state index is 12.3. The highest BCUT2D eigenvalue weighted by Gasteiger charge is 2.48. The second-order valence-electron chi connectivity index (χ2n) is 6.41. The molecule has 5 atom stereocenters. The Kier molecular flexibility index (Phi) is 6.09. The SMILES string of the molecule is Nc1ccc(S(=O)(=O)Nc2ccc(OC3OC(C(=O)O)C(O)C(O)C3O)cn2)cc1. The fraction of sp³-hybridized carbons (Fsp3) is 0.294. The summed E-state index contributed by atoms with van der Waals surface area (Å²) < 4.78 is 37.2. The van der Waals surface area contributed by atoms with Crippen molar-refractivity contribution in [3.8, 4) is 5.75 Å². The summed E-state index contributed by atoms with van der Waals surface area (Å²) in [6.07, 6.45) is -7.72. The zero-order valence-corrected chi connectivity index (χ0v) is 16.0. The smallest absolute Gasteiger partial charge is 0.335 e. The van der Waals surface area contributed by atoms with Crippen LogP contribution in [0.1, 0.15) is 0 Å². The van der Waals surface area contributed by atoms with Crippen LogP contribution in [-0.4, -0.2) is 70.5 Å². The Morgan fingerprint density at radius 1 is 1.07 bits per heavy atom. The maximum Gasteiger partial charge on any atom is 0.335 e. The highest BCUT2D eigenvalue weighted by Crippen LogP contribution is 2.25. The van der Waals surface area contributed by atoms with E-state index in [2.05, 4.69) is 9.71 Å². The molecule has 12 nitrogen and oxygen atoms in total. The Balaban J connectivity index is 1.70. The molecular formula is C17H19N3O9S. The summed E-state index contributed by atoms with van der Waals surface area (Å²) in [6.45, 7) is 0. The van der Waals surface area contributed by atoms with Crippen LogP contribution in [0.25, 0.3) is 0 Å². The number of carboxylic acid groups (broad SMARTS) is 1. The number of pyridine rings is 1. The van der Waals surface area contributed by atoms with Gasteiger partial charge in [-0.05, 0) is 36.4 Å². The van der Waals surface area contributed by atoms with Crippen LogP contribution in [0, 0.1) is 0 Å². The number of aliphatic carboxylic acids is 1. The molecule has 0 radical (unpaired) electrons. The molecule has 2 aromatic rings. The van der Waals surface area contributed by atoms with E-state index in [1.807, 2.05) is 0 Å². The van der Waals surface area contributed by atoms with Gasteiger partial charge in [-0.25, -0.2) is 18.2 Å². The third-order valence-corrected chi connectivity index (χ3v) is 5.60. The lowest BCUT2D eigenvalue weighted by Gasteiger charge is -2.38. The van der Waals surface area contributed by atoms with Gasteiger partial charge in [-0.2, -0.15) is 0 Å². The van der Waals surface area contributed by atoms with Gasteiger partial charge in [0.05, 0.1) is 11.1 Å². The Hall–Kier alpha value is -2.97. The van der Waals surface area contributed by atoms with Crippen molar-refractivity contribution in [3.63, 3.8) is 0 Å². The normalized spacial score (nSPS) is 26.7. The molecule has 1 aliphatic rings. The number of aliphatic hydroxyl groups is 3. The van der Waals surface area contributed by atoms with Crippen LogP contribution in [0.15, 0.2) is 47.5 Å². The number of aliphatic hydroxyl groups excluding tert-OH is 3. The molecule has 5 unspecified atom stereocenters. The molecule has 1 aromatic heterocycles. The van der Waals surface area contributed by atoms with E-state index in [0.717, 1.165) is 6.20 Å². The average Bonchev–Trinajstić information content (AvgIpc) is 2.69. The van der Waals surface area contributed by atoms with E-state index in [-0.39, 0.29) is 16.5 Å². The largest absolute Gasteiger partial charge is 0.479 e. The fourth-order valence-corrected chi connectivity index (χ4v) is 3.65. The monoisotopic (exact) mass is 441 g/mol. The van der Waals surface area contributed by atoms with Crippen molar-refractivity contribution >= 4 is 27.5 Å². The Labute approximate surface area is 170 Å². The van der Waals surface area contributed by atoms with Crippen LogP contribution in [0.5, 0.6) is 5.75 Å². The number of anilines is 2. The van der Waals surface area contributed by atoms with Gasteiger partial charge in [0.2, 0.25) is 6.29 Å². The number of aromatic nitrogens is 1.